The van der Waals surface area contributed by atoms with E-state index >= 15 is 0 Å². The van der Waals surface area contributed by atoms with E-state index in [0.717, 1.165) is 39.1 Å². The van der Waals surface area contributed by atoms with Crippen LogP contribution in [0.3, 0.4) is 0 Å². The van der Waals surface area contributed by atoms with Gasteiger partial charge in [0.2, 0.25) is 5.91 Å². The maximum atomic E-state index is 12.0. The summed E-state index contributed by atoms with van der Waals surface area (Å²) in [5.74, 6) is 1.22. The van der Waals surface area contributed by atoms with E-state index in [1.165, 1.54) is 32.2 Å². The number of hydrogen-bond acceptors (Lipinski definition) is 3. The second kappa shape index (κ2) is 7.85. The van der Waals surface area contributed by atoms with E-state index in [9.17, 15) is 4.79 Å². The molecular weight excluding hydrogens is 240 g/mol. The van der Waals surface area contributed by atoms with Gasteiger partial charge < -0.3 is 15.0 Å². The molecule has 0 radical (unpaired) electrons. The van der Waals surface area contributed by atoms with Gasteiger partial charge >= 0.3 is 0 Å². The molecule has 1 saturated heterocycles. The van der Waals surface area contributed by atoms with Crippen LogP contribution in [0.4, 0.5) is 0 Å². The summed E-state index contributed by atoms with van der Waals surface area (Å²) in [5, 5.41) is 3.17. The first-order valence-corrected chi connectivity index (χ1v) is 7.78. The highest BCUT2D eigenvalue weighted by molar-refractivity contribution is 5.78. The Morgan fingerprint density at radius 2 is 2.05 bits per heavy atom. The highest BCUT2D eigenvalue weighted by atomic mass is 16.5. The van der Waals surface area contributed by atoms with Gasteiger partial charge in [0, 0.05) is 32.7 Å². The molecule has 1 atom stereocenters. The highest BCUT2D eigenvalue weighted by Crippen LogP contribution is 2.24. The lowest BCUT2D eigenvalue weighted by Gasteiger charge is -2.32. The van der Waals surface area contributed by atoms with Crippen molar-refractivity contribution in [3.63, 3.8) is 0 Å². The number of piperidine rings is 1. The van der Waals surface area contributed by atoms with Crippen LogP contribution in [0.5, 0.6) is 0 Å². The number of methoxy groups -OCH3 is 1. The number of nitrogens with zero attached hydrogens (tertiary/aromatic N) is 1. The Morgan fingerprint density at radius 1 is 1.26 bits per heavy atom. The molecule has 1 N–H and O–H groups in total. The Hall–Kier alpha value is -0.610. The topological polar surface area (TPSA) is 41.6 Å². The zero-order valence-corrected chi connectivity index (χ0v) is 12.2. The number of amides is 1. The number of nitrogens with one attached hydrogen (secondary N) is 1. The van der Waals surface area contributed by atoms with Gasteiger partial charge in [0.05, 0.1) is 6.61 Å². The molecule has 1 heterocycles. The fourth-order valence-corrected chi connectivity index (χ4v) is 3.32. The van der Waals surface area contributed by atoms with E-state index in [2.05, 4.69) is 10.2 Å². The van der Waals surface area contributed by atoms with E-state index in [4.69, 9.17) is 4.74 Å². The molecule has 0 aromatic carbocycles. The van der Waals surface area contributed by atoms with Crippen molar-refractivity contribution in [2.45, 2.75) is 38.5 Å². The second-order valence-corrected chi connectivity index (χ2v) is 6.03. The van der Waals surface area contributed by atoms with Crippen molar-refractivity contribution >= 4 is 5.91 Å². The van der Waals surface area contributed by atoms with Gasteiger partial charge in [-0.05, 0) is 38.1 Å². The van der Waals surface area contributed by atoms with E-state index in [1.807, 2.05) is 0 Å². The van der Waals surface area contributed by atoms with E-state index < -0.39 is 0 Å². The number of carbonyl (C=O) groups is 1. The number of likely N-dealkylation sites (tertiary alicyclic amines) is 1. The minimum absolute atomic E-state index is 0.298. The van der Waals surface area contributed by atoms with Gasteiger partial charge in [0.25, 0.3) is 0 Å². The van der Waals surface area contributed by atoms with Crippen LogP contribution in [0.25, 0.3) is 0 Å². The van der Waals surface area contributed by atoms with Crippen molar-refractivity contribution in [2.75, 3.05) is 39.9 Å². The third-order valence-corrected chi connectivity index (χ3v) is 4.51. The molecule has 19 heavy (non-hydrogen) atoms. The molecule has 110 valence electrons. The summed E-state index contributed by atoms with van der Waals surface area (Å²) < 4.78 is 5.13. The molecule has 0 bridgehead atoms. The summed E-state index contributed by atoms with van der Waals surface area (Å²) in [6.45, 7) is 4.97. The van der Waals surface area contributed by atoms with Crippen molar-refractivity contribution in [3.05, 3.63) is 0 Å². The number of carbonyl (C=O) groups excluding carboxylic acids is 1. The normalized spacial score (nSPS) is 25.6. The van der Waals surface area contributed by atoms with Gasteiger partial charge in [-0.15, -0.1) is 0 Å². The lowest BCUT2D eigenvalue weighted by molar-refractivity contribution is -0.125. The maximum Gasteiger partial charge on any atom is 0.223 e. The fraction of sp³-hybridized carbons (Fsp3) is 0.933. The van der Waals surface area contributed by atoms with Gasteiger partial charge in [0.1, 0.15) is 0 Å². The van der Waals surface area contributed by atoms with Crippen LogP contribution < -0.4 is 5.32 Å². The quantitative estimate of drug-likeness (QED) is 0.796. The van der Waals surface area contributed by atoms with Gasteiger partial charge in [-0.2, -0.15) is 0 Å². The average molecular weight is 268 g/mol. The van der Waals surface area contributed by atoms with Gasteiger partial charge in [-0.1, -0.05) is 12.8 Å². The third-order valence-electron chi connectivity index (χ3n) is 4.51. The standard InChI is InChI=1S/C15H28N2O2/c1-19-10-9-17-8-4-5-13(12-17)11-16-15(18)14-6-2-3-7-14/h13-14H,2-12H2,1H3,(H,16,18). The van der Waals surface area contributed by atoms with Crippen LogP contribution in [0.1, 0.15) is 38.5 Å². The molecule has 1 saturated carbocycles. The van der Waals surface area contributed by atoms with Crippen LogP contribution in [0.2, 0.25) is 0 Å². The molecule has 1 unspecified atom stereocenters. The van der Waals surface area contributed by atoms with Crippen molar-refractivity contribution in [2.24, 2.45) is 11.8 Å². The van der Waals surface area contributed by atoms with Crippen LogP contribution >= 0.6 is 0 Å². The Kier molecular flexibility index (Phi) is 6.11. The smallest absolute Gasteiger partial charge is 0.223 e. The Balaban J connectivity index is 1.65. The molecule has 0 aromatic rings. The zero-order chi connectivity index (χ0) is 13.5. The summed E-state index contributed by atoms with van der Waals surface area (Å²) in [5.41, 5.74) is 0. The van der Waals surface area contributed by atoms with E-state index in [-0.39, 0.29) is 0 Å². The number of rotatable bonds is 6. The summed E-state index contributed by atoms with van der Waals surface area (Å²) in [4.78, 5) is 14.5. The predicted octanol–water partition coefficient (Wildman–Crippen LogP) is 1.65. The summed E-state index contributed by atoms with van der Waals surface area (Å²) in [6.07, 6.45) is 7.13. The SMILES string of the molecule is COCCN1CCCC(CNC(=O)C2CCCC2)C1. The Bertz CT molecular complexity index is 277. The van der Waals surface area contributed by atoms with Crippen molar-refractivity contribution in [1.29, 1.82) is 0 Å². The van der Waals surface area contributed by atoms with Crippen LogP contribution in [0, 0.1) is 11.8 Å². The molecule has 2 aliphatic rings. The molecule has 2 rings (SSSR count). The van der Waals surface area contributed by atoms with Gasteiger partial charge in [-0.25, -0.2) is 0 Å². The highest BCUT2D eigenvalue weighted by Gasteiger charge is 2.24. The minimum atomic E-state index is 0.298. The first-order valence-electron chi connectivity index (χ1n) is 7.78. The first-order chi connectivity index (χ1) is 9.29. The zero-order valence-electron chi connectivity index (χ0n) is 12.2. The summed E-state index contributed by atoms with van der Waals surface area (Å²) in [6, 6.07) is 0. The number of hydrogen-bond donors (Lipinski definition) is 1. The molecular formula is C15H28N2O2. The summed E-state index contributed by atoms with van der Waals surface area (Å²) in [7, 11) is 1.75. The molecule has 0 aromatic heterocycles. The molecule has 4 nitrogen and oxygen atoms in total. The summed E-state index contributed by atoms with van der Waals surface area (Å²) >= 11 is 0. The second-order valence-electron chi connectivity index (χ2n) is 6.03. The van der Waals surface area contributed by atoms with Crippen LogP contribution in [-0.2, 0) is 9.53 Å². The minimum Gasteiger partial charge on any atom is -0.383 e. The van der Waals surface area contributed by atoms with Crippen molar-refractivity contribution < 1.29 is 9.53 Å². The third kappa shape index (κ3) is 4.77. The number of ether oxygens (including phenoxy) is 1. The lowest BCUT2D eigenvalue weighted by atomic mass is 9.97. The molecule has 1 aliphatic carbocycles. The molecule has 4 heteroatoms. The molecule has 2 fully saturated rings. The molecule has 1 amide bonds. The van der Waals surface area contributed by atoms with Gasteiger partial charge in [-0.3, -0.25) is 4.79 Å². The monoisotopic (exact) mass is 268 g/mol. The maximum absolute atomic E-state index is 12.0. The van der Waals surface area contributed by atoms with Crippen molar-refractivity contribution in [3.8, 4) is 0 Å². The Labute approximate surface area is 116 Å². The Morgan fingerprint density at radius 3 is 2.79 bits per heavy atom. The molecule has 0 spiro atoms. The van der Waals surface area contributed by atoms with Crippen LogP contribution in [0.15, 0.2) is 0 Å². The molecule has 1 aliphatic heterocycles. The largest absolute Gasteiger partial charge is 0.383 e. The van der Waals surface area contributed by atoms with Crippen molar-refractivity contribution in [1.82, 2.24) is 10.2 Å². The van der Waals surface area contributed by atoms with E-state index in [0.29, 0.717) is 17.7 Å². The first kappa shape index (κ1) is 14.8. The van der Waals surface area contributed by atoms with Gasteiger partial charge in [0.15, 0.2) is 0 Å². The van der Waals surface area contributed by atoms with E-state index in [1.54, 1.807) is 7.11 Å². The van der Waals surface area contributed by atoms with Crippen LogP contribution in [-0.4, -0.2) is 50.7 Å². The average Bonchev–Trinajstić information content (AvgIpc) is 2.97. The fourth-order valence-electron chi connectivity index (χ4n) is 3.32. The lowest BCUT2D eigenvalue weighted by Crippen LogP contribution is -2.42. The predicted molar refractivity (Wildman–Crippen MR) is 76.0 cm³/mol.